The van der Waals surface area contributed by atoms with Gasteiger partial charge in [0.05, 0.1) is 11.2 Å². The van der Waals surface area contributed by atoms with Crippen LogP contribution in [0.25, 0.3) is 0 Å². The second kappa shape index (κ2) is 4.36. The van der Waals surface area contributed by atoms with Gasteiger partial charge in [-0.1, -0.05) is 27.7 Å². The van der Waals surface area contributed by atoms with Crippen LogP contribution in [-0.4, -0.2) is 11.5 Å². The number of aromatic nitrogens is 1. The molecule has 0 amide bonds. The van der Waals surface area contributed by atoms with Crippen LogP contribution >= 0.6 is 11.3 Å². The molecule has 0 aromatic carbocycles. The van der Waals surface area contributed by atoms with Gasteiger partial charge < -0.3 is 5.32 Å². The monoisotopic (exact) mass is 252 g/mol. The minimum atomic E-state index is 0.0551. The van der Waals surface area contributed by atoms with Crippen LogP contribution < -0.4 is 5.32 Å². The molecule has 1 atom stereocenters. The van der Waals surface area contributed by atoms with E-state index >= 15 is 0 Å². The van der Waals surface area contributed by atoms with Gasteiger partial charge in [0, 0.05) is 5.38 Å². The van der Waals surface area contributed by atoms with Gasteiger partial charge in [-0.15, -0.1) is 11.3 Å². The Hall–Kier alpha value is -0.410. The predicted molar refractivity (Wildman–Crippen MR) is 74.6 cm³/mol. The maximum absolute atomic E-state index is 4.86. The van der Waals surface area contributed by atoms with Gasteiger partial charge in [-0.3, -0.25) is 0 Å². The van der Waals surface area contributed by atoms with Crippen LogP contribution in [0.1, 0.15) is 64.1 Å². The number of hydrogen-bond donors (Lipinski definition) is 1. The van der Waals surface area contributed by atoms with Gasteiger partial charge in [0.25, 0.3) is 0 Å². The predicted octanol–water partition coefficient (Wildman–Crippen LogP) is 3.89. The highest BCUT2D eigenvalue weighted by Crippen LogP contribution is 2.58. The summed E-state index contributed by atoms with van der Waals surface area (Å²) in [5.74, 6) is 0.526. The molecule has 0 aliphatic heterocycles. The molecule has 1 unspecified atom stereocenters. The fraction of sp³-hybridized carbons (Fsp3) is 0.786. The summed E-state index contributed by atoms with van der Waals surface area (Å²) < 4.78 is 0. The first-order valence-electron chi connectivity index (χ1n) is 6.64. The van der Waals surface area contributed by atoms with Crippen molar-refractivity contribution in [2.75, 3.05) is 6.54 Å². The Morgan fingerprint density at radius 1 is 1.53 bits per heavy atom. The smallest absolute Gasteiger partial charge is 0.113 e. The van der Waals surface area contributed by atoms with Gasteiger partial charge in [0.2, 0.25) is 0 Å². The van der Waals surface area contributed by atoms with Crippen molar-refractivity contribution in [3.63, 3.8) is 0 Å². The highest BCUT2D eigenvalue weighted by atomic mass is 32.1. The molecule has 1 aliphatic carbocycles. The molecule has 1 aliphatic rings. The fourth-order valence-corrected chi connectivity index (χ4v) is 3.64. The molecule has 1 aromatic rings. The van der Waals surface area contributed by atoms with Crippen molar-refractivity contribution in [3.05, 3.63) is 16.1 Å². The zero-order chi connectivity index (χ0) is 12.7. The molecular formula is C14H24N2S. The SMILES string of the molecule is CCNC(C)(c1nc(C(C)C)cs1)C1(C)CC1. The molecule has 0 radical (unpaired) electrons. The van der Waals surface area contributed by atoms with Crippen molar-refractivity contribution in [3.8, 4) is 0 Å². The molecule has 17 heavy (non-hydrogen) atoms. The van der Waals surface area contributed by atoms with Gasteiger partial charge in [-0.25, -0.2) is 4.98 Å². The third-order valence-electron chi connectivity index (χ3n) is 4.28. The van der Waals surface area contributed by atoms with Crippen molar-refractivity contribution < 1.29 is 0 Å². The van der Waals surface area contributed by atoms with Crippen molar-refractivity contribution in [2.24, 2.45) is 5.41 Å². The van der Waals surface area contributed by atoms with E-state index in [-0.39, 0.29) is 5.54 Å². The summed E-state index contributed by atoms with van der Waals surface area (Å²) in [4.78, 5) is 4.86. The number of nitrogens with one attached hydrogen (secondary N) is 1. The first kappa shape index (κ1) is 13.0. The lowest BCUT2D eigenvalue weighted by atomic mass is 9.84. The van der Waals surface area contributed by atoms with Crippen molar-refractivity contribution in [2.45, 2.75) is 58.9 Å². The summed E-state index contributed by atoms with van der Waals surface area (Å²) in [6.07, 6.45) is 2.63. The Kier molecular flexibility index (Phi) is 3.34. The van der Waals surface area contributed by atoms with Crippen LogP contribution in [0, 0.1) is 5.41 Å². The molecule has 0 saturated heterocycles. The van der Waals surface area contributed by atoms with E-state index in [4.69, 9.17) is 4.98 Å². The van der Waals surface area contributed by atoms with E-state index in [1.165, 1.54) is 23.5 Å². The Balaban J connectivity index is 2.32. The van der Waals surface area contributed by atoms with Crippen LogP contribution in [0.3, 0.4) is 0 Å². The van der Waals surface area contributed by atoms with Crippen LogP contribution in [0.4, 0.5) is 0 Å². The number of hydrogen-bond acceptors (Lipinski definition) is 3. The molecule has 0 spiro atoms. The van der Waals surface area contributed by atoms with Gasteiger partial charge in [0.15, 0.2) is 0 Å². The van der Waals surface area contributed by atoms with Crippen LogP contribution in [0.5, 0.6) is 0 Å². The van der Waals surface area contributed by atoms with E-state index in [9.17, 15) is 0 Å². The summed E-state index contributed by atoms with van der Waals surface area (Å²) in [6.45, 7) is 12.3. The molecule has 3 heteroatoms. The maximum Gasteiger partial charge on any atom is 0.113 e. The van der Waals surface area contributed by atoms with E-state index in [1.807, 2.05) is 11.3 Å². The molecule has 1 fully saturated rings. The fourth-order valence-electron chi connectivity index (χ4n) is 2.37. The molecule has 1 aromatic heterocycles. The summed E-state index contributed by atoms with van der Waals surface area (Å²) in [5.41, 5.74) is 1.69. The Labute approximate surface area is 109 Å². The van der Waals surface area contributed by atoms with Crippen molar-refractivity contribution in [1.29, 1.82) is 0 Å². The first-order valence-corrected chi connectivity index (χ1v) is 7.52. The molecule has 2 nitrogen and oxygen atoms in total. The summed E-state index contributed by atoms with van der Waals surface area (Å²) in [7, 11) is 0. The Morgan fingerprint density at radius 3 is 2.59 bits per heavy atom. The normalized spacial score (nSPS) is 21.5. The highest BCUT2D eigenvalue weighted by Gasteiger charge is 2.55. The van der Waals surface area contributed by atoms with Crippen LogP contribution in [0.2, 0.25) is 0 Å². The largest absolute Gasteiger partial charge is 0.305 e. The number of nitrogens with zero attached hydrogens (tertiary/aromatic N) is 1. The second-order valence-corrected chi connectivity index (χ2v) is 6.81. The van der Waals surface area contributed by atoms with Crippen molar-refractivity contribution >= 4 is 11.3 Å². The maximum atomic E-state index is 4.86. The van der Waals surface area contributed by atoms with E-state index in [1.54, 1.807) is 0 Å². The number of rotatable bonds is 5. The summed E-state index contributed by atoms with van der Waals surface area (Å²) >= 11 is 1.82. The number of thiazole rings is 1. The quantitative estimate of drug-likeness (QED) is 0.860. The zero-order valence-corrected chi connectivity index (χ0v) is 12.4. The van der Waals surface area contributed by atoms with Gasteiger partial charge in [-0.05, 0) is 37.6 Å². The van der Waals surface area contributed by atoms with Crippen LogP contribution in [0.15, 0.2) is 5.38 Å². The minimum absolute atomic E-state index is 0.0551. The minimum Gasteiger partial charge on any atom is -0.305 e. The molecular weight excluding hydrogens is 228 g/mol. The summed E-state index contributed by atoms with van der Waals surface area (Å²) in [5, 5.41) is 7.17. The van der Waals surface area contributed by atoms with E-state index in [0.29, 0.717) is 11.3 Å². The first-order chi connectivity index (χ1) is 7.93. The lowest BCUT2D eigenvalue weighted by molar-refractivity contribution is 0.230. The molecule has 1 N–H and O–H groups in total. The van der Waals surface area contributed by atoms with Crippen LogP contribution in [-0.2, 0) is 5.54 Å². The second-order valence-electron chi connectivity index (χ2n) is 5.95. The zero-order valence-electron chi connectivity index (χ0n) is 11.6. The summed E-state index contributed by atoms with van der Waals surface area (Å²) in [6, 6.07) is 0. The van der Waals surface area contributed by atoms with Gasteiger partial charge in [0.1, 0.15) is 5.01 Å². The molecule has 1 saturated carbocycles. The molecule has 96 valence electrons. The Morgan fingerprint density at radius 2 is 2.18 bits per heavy atom. The average molecular weight is 252 g/mol. The molecule has 2 rings (SSSR count). The lowest BCUT2D eigenvalue weighted by Crippen LogP contribution is -2.46. The third kappa shape index (κ3) is 2.15. The Bertz CT molecular complexity index is 393. The van der Waals surface area contributed by atoms with E-state index in [2.05, 4.69) is 45.3 Å². The van der Waals surface area contributed by atoms with Gasteiger partial charge >= 0.3 is 0 Å². The third-order valence-corrected chi connectivity index (χ3v) is 5.36. The average Bonchev–Trinajstić information content (AvgIpc) is 2.84. The van der Waals surface area contributed by atoms with E-state index in [0.717, 1.165) is 6.54 Å². The molecule has 0 bridgehead atoms. The van der Waals surface area contributed by atoms with Gasteiger partial charge in [-0.2, -0.15) is 0 Å². The van der Waals surface area contributed by atoms with Crippen molar-refractivity contribution in [1.82, 2.24) is 10.3 Å². The lowest BCUT2D eigenvalue weighted by Gasteiger charge is -2.35. The standard InChI is InChI=1S/C14H24N2S/c1-6-15-14(5,13(4)7-8-13)12-16-11(9-17-12)10(2)3/h9-10,15H,6-8H2,1-5H3. The van der Waals surface area contributed by atoms with E-state index < -0.39 is 0 Å². The highest BCUT2D eigenvalue weighted by molar-refractivity contribution is 7.09. The topological polar surface area (TPSA) is 24.9 Å². The molecule has 1 heterocycles.